The number of nitrogens with one attached hydrogen (secondary N) is 1. The second-order valence-corrected chi connectivity index (χ2v) is 6.94. The van der Waals surface area contributed by atoms with Gasteiger partial charge in [0.15, 0.2) is 0 Å². The highest BCUT2D eigenvalue weighted by molar-refractivity contribution is 7.92. The number of nitrogen functional groups attached to an aromatic ring is 1. The van der Waals surface area contributed by atoms with Gasteiger partial charge in [0, 0.05) is 11.7 Å². The molecule has 2 aromatic rings. The van der Waals surface area contributed by atoms with E-state index in [0.717, 1.165) is 5.69 Å². The van der Waals surface area contributed by atoms with Crippen molar-refractivity contribution in [3.05, 3.63) is 35.7 Å². The molecule has 1 aromatic heterocycles. The van der Waals surface area contributed by atoms with Gasteiger partial charge in [0.05, 0.1) is 22.0 Å². The first kappa shape index (κ1) is 15.4. The maximum absolute atomic E-state index is 12.4. The van der Waals surface area contributed by atoms with E-state index in [-0.39, 0.29) is 10.9 Å². The van der Waals surface area contributed by atoms with Crippen LogP contribution in [0.15, 0.2) is 29.2 Å². The van der Waals surface area contributed by atoms with Crippen molar-refractivity contribution in [1.29, 1.82) is 0 Å². The normalized spacial score (nSPS) is 11.9. The van der Waals surface area contributed by atoms with Gasteiger partial charge in [-0.1, -0.05) is 6.07 Å². The number of hydrogen-bond acceptors (Lipinski definition) is 4. The average molecular weight is 308 g/mol. The molecule has 1 heterocycles. The summed E-state index contributed by atoms with van der Waals surface area (Å²) in [5.74, 6) is 0. The molecule has 0 amide bonds. The van der Waals surface area contributed by atoms with Crippen LogP contribution in [0.1, 0.15) is 31.3 Å². The Morgan fingerprint density at radius 1 is 1.29 bits per heavy atom. The molecule has 3 N–H and O–H groups in total. The molecule has 114 valence electrons. The third kappa shape index (κ3) is 3.02. The largest absolute Gasteiger partial charge is 0.399 e. The monoisotopic (exact) mass is 308 g/mol. The Hall–Kier alpha value is -2.02. The molecule has 1 aromatic carbocycles. The summed E-state index contributed by atoms with van der Waals surface area (Å²) in [6.07, 6.45) is 0. The van der Waals surface area contributed by atoms with Crippen molar-refractivity contribution in [2.45, 2.75) is 38.6 Å². The van der Waals surface area contributed by atoms with Crippen molar-refractivity contribution < 1.29 is 8.42 Å². The van der Waals surface area contributed by atoms with Gasteiger partial charge in [-0.05, 0) is 45.9 Å². The van der Waals surface area contributed by atoms with Gasteiger partial charge in [-0.3, -0.25) is 9.40 Å². The zero-order valence-electron chi connectivity index (χ0n) is 12.6. The number of nitrogens with zero attached hydrogens (tertiary/aromatic N) is 2. The van der Waals surface area contributed by atoms with Gasteiger partial charge >= 0.3 is 0 Å². The maximum atomic E-state index is 12.4. The smallest absolute Gasteiger partial charge is 0.262 e. The Kier molecular flexibility index (Phi) is 3.95. The Morgan fingerprint density at radius 2 is 1.95 bits per heavy atom. The van der Waals surface area contributed by atoms with Crippen molar-refractivity contribution in [2.24, 2.45) is 0 Å². The number of aromatic nitrogens is 2. The predicted molar refractivity (Wildman–Crippen MR) is 83.7 cm³/mol. The Balaban J connectivity index is 2.42. The molecular formula is C14H20N4O2S. The second-order valence-electron chi connectivity index (χ2n) is 5.26. The van der Waals surface area contributed by atoms with Gasteiger partial charge in [0.1, 0.15) is 0 Å². The average Bonchev–Trinajstić information content (AvgIpc) is 2.66. The van der Waals surface area contributed by atoms with E-state index >= 15 is 0 Å². The number of sulfonamides is 1. The molecule has 0 atom stereocenters. The standard InChI is InChI=1S/C14H20N4O2S/c1-9(2)18-11(4)14(10(3)16-18)17-21(19,20)13-7-5-6-12(15)8-13/h5-9,17H,15H2,1-4H3. The topological polar surface area (TPSA) is 90.0 Å². The van der Waals surface area contributed by atoms with Gasteiger partial charge < -0.3 is 5.73 Å². The minimum absolute atomic E-state index is 0.138. The summed E-state index contributed by atoms with van der Waals surface area (Å²) in [6, 6.07) is 6.36. The highest BCUT2D eigenvalue weighted by atomic mass is 32.2. The second kappa shape index (κ2) is 5.40. The van der Waals surface area contributed by atoms with Crippen LogP contribution in [0.5, 0.6) is 0 Å². The Bertz CT molecular complexity index is 763. The minimum atomic E-state index is -3.68. The molecule has 0 saturated carbocycles. The lowest BCUT2D eigenvalue weighted by Crippen LogP contribution is -2.14. The molecule has 0 bridgehead atoms. The van der Waals surface area contributed by atoms with E-state index in [9.17, 15) is 8.42 Å². The highest BCUT2D eigenvalue weighted by Crippen LogP contribution is 2.25. The molecule has 0 aliphatic heterocycles. The quantitative estimate of drug-likeness (QED) is 0.849. The van der Waals surface area contributed by atoms with Crippen molar-refractivity contribution in [3.63, 3.8) is 0 Å². The highest BCUT2D eigenvalue weighted by Gasteiger charge is 2.20. The van der Waals surface area contributed by atoms with E-state index in [1.807, 2.05) is 20.8 Å². The molecule has 0 aliphatic rings. The first-order chi connectivity index (χ1) is 9.72. The molecule has 0 unspecified atom stereocenters. The van der Waals surface area contributed by atoms with Crippen molar-refractivity contribution in [3.8, 4) is 0 Å². The molecule has 0 saturated heterocycles. The molecule has 0 aliphatic carbocycles. The first-order valence-corrected chi connectivity index (χ1v) is 8.14. The van der Waals surface area contributed by atoms with Gasteiger partial charge in [0.2, 0.25) is 0 Å². The Labute approximate surface area is 125 Å². The Morgan fingerprint density at radius 3 is 2.48 bits per heavy atom. The first-order valence-electron chi connectivity index (χ1n) is 6.66. The number of hydrogen-bond donors (Lipinski definition) is 2. The summed E-state index contributed by atoms with van der Waals surface area (Å²) in [4.78, 5) is 0.138. The van der Waals surface area contributed by atoms with Crippen LogP contribution < -0.4 is 10.5 Å². The van der Waals surface area contributed by atoms with Gasteiger partial charge in [-0.15, -0.1) is 0 Å². The van der Waals surface area contributed by atoms with Crippen LogP contribution in [-0.2, 0) is 10.0 Å². The van der Waals surface area contributed by atoms with Gasteiger partial charge in [-0.2, -0.15) is 5.10 Å². The van der Waals surface area contributed by atoms with Crippen molar-refractivity contribution in [2.75, 3.05) is 10.5 Å². The lowest BCUT2D eigenvalue weighted by Gasteiger charge is -2.11. The minimum Gasteiger partial charge on any atom is -0.399 e. The summed E-state index contributed by atoms with van der Waals surface area (Å²) in [5, 5.41) is 4.37. The fourth-order valence-corrected chi connectivity index (χ4v) is 3.42. The predicted octanol–water partition coefficient (Wildman–Crippen LogP) is 2.46. The van der Waals surface area contributed by atoms with Gasteiger partial charge in [-0.25, -0.2) is 8.42 Å². The van der Waals surface area contributed by atoms with E-state index in [1.165, 1.54) is 12.1 Å². The number of benzene rings is 1. The van der Waals surface area contributed by atoms with E-state index in [1.54, 1.807) is 23.7 Å². The zero-order valence-corrected chi connectivity index (χ0v) is 13.4. The fraction of sp³-hybridized carbons (Fsp3) is 0.357. The van der Waals surface area contributed by atoms with E-state index in [4.69, 9.17) is 5.73 Å². The van der Waals surface area contributed by atoms with Crippen LogP contribution in [0.25, 0.3) is 0 Å². The summed E-state index contributed by atoms with van der Waals surface area (Å²) < 4.78 is 29.3. The number of aryl methyl sites for hydroxylation is 1. The number of rotatable bonds is 4. The van der Waals surface area contributed by atoms with Crippen LogP contribution in [-0.4, -0.2) is 18.2 Å². The molecule has 0 spiro atoms. The summed E-state index contributed by atoms with van der Waals surface area (Å²) in [7, 11) is -3.68. The zero-order chi connectivity index (χ0) is 15.8. The van der Waals surface area contributed by atoms with Crippen LogP contribution in [0.4, 0.5) is 11.4 Å². The SMILES string of the molecule is Cc1nn(C(C)C)c(C)c1NS(=O)(=O)c1cccc(N)c1. The maximum Gasteiger partial charge on any atom is 0.262 e. The van der Waals surface area contributed by atoms with Crippen LogP contribution in [0.2, 0.25) is 0 Å². The number of nitrogens with two attached hydrogens (primary N) is 1. The molecule has 0 fully saturated rings. The molecular weight excluding hydrogens is 288 g/mol. The number of anilines is 2. The summed E-state index contributed by atoms with van der Waals surface area (Å²) in [5.41, 5.74) is 8.00. The van der Waals surface area contributed by atoms with Gasteiger partial charge in [0.25, 0.3) is 10.0 Å². The third-order valence-electron chi connectivity index (χ3n) is 3.22. The lowest BCUT2D eigenvalue weighted by atomic mass is 10.3. The molecule has 6 nitrogen and oxygen atoms in total. The molecule has 21 heavy (non-hydrogen) atoms. The van der Waals surface area contributed by atoms with Crippen molar-refractivity contribution >= 4 is 21.4 Å². The molecule has 0 radical (unpaired) electrons. The van der Waals surface area contributed by atoms with Crippen molar-refractivity contribution in [1.82, 2.24) is 9.78 Å². The molecule has 7 heteroatoms. The van der Waals surface area contributed by atoms with Crippen LogP contribution in [0.3, 0.4) is 0 Å². The lowest BCUT2D eigenvalue weighted by molar-refractivity contribution is 0.516. The fourth-order valence-electron chi connectivity index (χ4n) is 2.19. The summed E-state index contributed by atoms with van der Waals surface area (Å²) in [6.45, 7) is 7.62. The van der Waals surface area contributed by atoms with E-state index < -0.39 is 10.0 Å². The molecule has 2 rings (SSSR count). The summed E-state index contributed by atoms with van der Waals surface area (Å²) >= 11 is 0. The third-order valence-corrected chi connectivity index (χ3v) is 4.57. The van der Waals surface area contributed by atoms with E-state index in [2.05, 4.69) is 9.82 Å². The van der Waals surface area contributed by atoms with Crippen LogP contribution in [0, 0.1) is 13.8 Å². The van der Waals surface area contributed by atoms with E-state index in [0.29, 0.717) is 17.1 Å². The van der Waals surface area contributed by atoms with Crippen LogP contribution >= 0.6 is 0 Å².